The smallest absolute Gasteiger partial charge is 0.227 e. The van der Waals surface area contributed by atoms with Gasteiger partial charge in [0.25, 0.3) is 0 Å². The third kappa shape index (κ3) is 3.30. The lowest BCUT2D eigenvalue weighted by atomic mass is 10.1. The number of rotatable bonds is 3. The highest BCUT2D eigenvalue weighted by Crippen LogP contribution is 2.10. The Kier molecular flexibility index (Phi) is 4.15. The van der Waals surface area contributed by atoms with Gasteiger partial charge in [-0.3, -0.25) is 4.79 Å². The standard InChI is InChI=1S/C14H20N2O/c1-16(13-8-5-9-15-11-13)14(17)10-12-6-3-2-4-7-12/h2-4,6-7,13,15H,5,8-11H2,1H3/t13-/m0/s1. The molecule has 1 aromatic rings. The zero-order chi connectivity index (χ0) is 12.1. The van der Waals surface area contributed by atoms with Crippen molar-refractivity contribution < 1.29 is 4.79 Å². The molecular weight excluding hydrogens is 212 g/mol. The second kappa shape index (κ2) is 5.82. The Hall–Kier alpha value is -1.35. The fourth-order valence-corrected chi connectivity index (χ4v) is 2.26. The van der Waals surface area contributed by atoms with Gasteiger partial charge in [0.05, 0.1) is 6.42 Å². The van der Waals surface area contributed by atoms with Crippen LogP contribution in [0.4, 0.5) is 0 Å². The molecule has 3 nitrogen and oxygen atoms in total. The Morgan fingerprint density at radius 3 is 2.82 bits per heavy atom. The molecule has 1 aliphatic heterocycles. The fraction of sp³-hybridized carbons (Fsp3) is 0.500. The summed E-state index contributed by atoms with van der Waals surface area (Å²) >= 11 is 0. The van der Waals surface area contributed by atoms with Gasteiger partial charge >= 0.3 is 0 Å². The van der Waals surface area contributed by atoms with Gasteiger partial charge in [0.2, 0.25) is 5.91 Å². The molecule has 1 aliphatic rings. The molecule has 0 saturated carbocycles. The Morgan fingerprint density at radius 1 is 1.41 bits per heavy atom. The van der Waals surface area contributed by atoms with Crippen LogP contribution >= 0.6 is 0 Å². The van der Waals surface area contributed by atoms with Gasteiger partial charge in [-0.05, 0) is 24.9 Å². The number of nitrogens with one attached hydrogen (secondary N) is 1. The molecule has 1 heterocycles. The van der Waals surface area contributed by atoms with Crippen molar-refractivity contribution in [3.05, 3.63) is 35.9 Å². The molecule has 1 amide bonds. The van der Waals surface area contributed by atoms with E-state index >= 15 is 0 Å². The van der Waals surface area contributed by atoms with E-state index in [0.717, 1.165) is 31.5 Å². The zero-order valence-electron chi connectivity index (χ0n) is 10.4. The molecule has 3 heteroatoms. The lowest BCUT2D eigenvalue weighted by molar-refractivity contribution is -0.131. The first kappa shape index (κ1) is 12.1. The van der Waals surface area contributed by atoms with Crippen LogP contribution in [0.5, 0.6) is 0 Å². The number of hydrogen-bond acceptors (Lipinski definition) is 2. The van der Waals surface area contributed by atoms with Crippen LogP contribution in [0.3, 0.4) is 0 Å². The molecule has 1 aromatic carbocycles. The van der Waals surface area contributed by atoms with E-state index < -0.39 is 0 Å². The van der Waals surface area contributed by atoms with Crippen molar-refractivity contribution in [3.63, 3.8) is 0 Å². The molecule has 0 aromatic heterocycles. The summed E-state index contributed by atoms with van der Waals surface area (Å²) in [6, 6.07) is 10.3. The van der Waals surface area contributed by atoms with Gasteiger partial charge in [-0.1, -0.05) is 30.3 Å². The highest BCUT2D eigenvalue weighted by Gasteiger charge is 2.21. The predicted molar refractivity (Wildman–Crippen MR) is 68.8 cm³/mol. The molecule has 0 bridgehead atoms. The third-order valence-electron chi connectivity index (χ3n) is 3.41. The first-order valence-electron chi connectivity index (χ1n) is 6.27. The highest BCUT2D eigenvalue weighted by molar-refractivity contribution is 5.78. The summed E-state index contributed by atoms with van der Waals surface area (Å²) in [6.07, 6.45) is 2.78. The van der Waals surface area contributed by atoms with Crippen molar-refractivity contribution in [2.75, 3.05) is 20.1 Å². The lowest BCUT2D eigenvalue weighted by Crippen LogP contribution is -2.47. The minimum atomic E-state index is 0.213. The molecule has 0 unspecified atom stereocenters. The summed E-state index contributed by atoms with van der Waals surface area (Å²) in [5.41, 5.74) is 1.09. The number of likely N-dealkylation sites (N-methyl/N-ethyl adjacent to an activating group) is 1. The second-order valence-corrected chi connectivity index (χ2v) is 4.67. The molecule has 1 fully saturated rings. The largest absolute Gasteiger partial charge is 0.341 e. The third-order valence-corrected chi connectivity index (χ3v) is 3.41. The molecule has 2 rings (SSSR count). The minimum Gasteiger partial charge on any atom is -0.341 e. The van der Waals surface area contributed by atoms with Crippen molar-refractivity contribution in [2.45, 2.75) is 25.3 Å². The van der Waals surface area contributed by atoms with Crippen molar-refractivity contribution in [3.8, 4) is 0 Å². The number of hydrogen-bond donors (Lipinski definition) is 1. The van der Waals surface area contributed by atoms with E-state index in [9.17, 15) is 4.79 Å². The van der Waals surface area contributed by atoms with Crippen LogP contribution in [-0.4, -0.2) is 37.0 Å². The van der Waals surface area contributed by atoms with Gasteiger partial charge in [0.15, 0.2) is 0 Å². The summed E-state index contributed by atoms with van der Waals surface area (Å²) in [7, 11) is 1.92. The number of benzene rings is 1. The molecule has 1 saturated heterocycles. The van der Waals surface area contributed by atoms with Gasteiger partial charge in [0, 0.05) is 19.6 Å². The van der Waals surface area contributed by atoms with Crippen LogP contribution in [-0.2, 0) is 11.2 Å². The maximum absolute atomic E-state index is 12.1. The van der Waals surface area contributed by atoms with E-state index in [4.69, 9.17) is 0 Å². The molecule has 17 heavy (non-hydrogen) atoms. The average molecular weight is 232 g/mol. The second-order valence-electron chi connectivity index (χ2n) is 4.67. The van der Waals surface area contributed by atoms with Crippen LogP contribution in [0, 0.1) is 0 Å². The molecule has 0 spiro atoms. The zero-order valence-corrected chi connectivity index (χ0v) is 10.4. The van der Waals surface area contributed by atoms with Gasteiger partial charge in [0.1, 0.15) is 0 Å². The summed E-state index contributed by atoms with van der Waals surface area (Å²) < 4.78 is 0. The van der Waals surface area contributed by atoms with E-state index in [1.54, 1.807) is 0 Å². The van der Waals surface area contributed by atoms with Crippen molar-refractivity contribution in [1.82, 2.24) is 10.2 Å². The van der Waals surface area contributed by atoms with E-state index in [0.29, 0.717) is 12.5 Å². The van der Waals surface area contributed by atoms with Crippen LogP contribution in [0.2, 0.25) is 0 Å². The Bertz CT molecular complexity index is 358. The fourth-order valence-electron chi connectivity index (χ4n) is 2.26. The molecule has 92 valence electrons. The number of amides is 1. The van der Waals surface area contributed by atoms with Crippen LogP contribution < -0.4 is 5.32 Å². The minimum absolute atomic E-state index is 0.213. The maximum atomic E-state index is 12.1. The van der Waals surface area contributed by atoms with Crippen molar-refractivity contribution in [1.29, 1.82) is 0 Å². The van der Waals surface area contributed by atoms with Gasteiger partial charge in [-0.25, -0.2) is 0 Å². The Morgan fingerprint density at radius 2 is 2.18 bits per heavy atom. The quantitative estimate of drug-likeness (QED) is 0.855. The number of carbonyl (C=O) groups excluding carboxylic acids is 1. The number of nitrogens with zero attached hydrogens (tertiary/aromatic N) is 1. The first-order chi connectivity index (χ1) is 8.27. The molecule has 0 aliphatic carbocycles. The van der Waals surface area contributed by atoms with E-state index in [2.05, 4.69) is 5.32 Å². The average Bonchev–Trinajstić information content (AvgIpc) is 2.40. The van der Waals surface area contributed by atoms with Gasteiger partial charge in [-0.2, -0.15) is 0 Å². The van der Waals surface area contributed by atoms with E-state index in [1.165, 1.54) is 0 Å². The van der Waals surface area contributed by atoms with Crippen LogP contribution in [0.15, 0.2) is 30.3 Å². The van der Waals surface area contributed by atoms with Crippen LogP contribution in [0.25, 0.3) is 0 Å². The SMILES string of the molecule is CN(C(=O)Cc1ccccc1)[C@H]1CCCNC1. The normalized spacial score (nSPS) is 19.9. The van der Waals surface area contributed by atoms with Gasteiger partial charge < -0.3 is 10.2 Å². The Balaban J connectivity index is 1.90. The Labute approximate surface area is 103 Å². The number of carbonyl (C=O) groups is 1. The monoisotopic (exact) mass is 232 g/mol. The topological polar surface area (TPSA) is 32.3 Å². The van der Waals surface area contributed by atoms with Gasteiger partial charge in [-0.15, -0.1) is 0 Å². The predicted octanol–water partition coefficient (Wildman–Crippen LogP) is 1.44. The van der Waals surface area contributed by atoms with Crippen molar-refractivity contribution in [2.24, 2.45) is 0 Å². The van der Waals surface area contributed by atoms with Crippen LogP contribution in [0.1, 0.15) is 18.4 Å². The first-order valence-corrected chi connectivity index (χ1v) is 6.27. The molecular formula is C14H20N2O. The van der Waals surface area contributed by atoms with Crippen molar-refractivity contribution >= 4 is 5.91 Å². The maximum Gasteiger partial charge on any atom is 0.227 e. The molecule has 1 N–H and O–H groups in total. The van der Waals surface area contributed by atoms with E-state index in [-0.39, 0.29) is 5.91 Å². The molecule has 1 atom stereocenters. The number of piperidine rings is 1. The molecule has 0 radical (unpaired) electrons. The van der Waals surface area contributed by atoms with E-state index in [1.807, 2.05) is 42.3 Å². The highest BCUT2D eigenvalue weighted by atomic mass is 16.2. The summed E-state index contributed by atoms with van der Waals surface area (Å²) in [6.45, 7) is 2.01. The lowest BCUT2D eigenvalue weighted by Gasteiger charge is -2.31. The summed E-state index contributed by atoms with van der Waals surface area (Å²) in [4.78, 5) is 14.0. The summed E-state index contributed by atoms with van der Waals surface area (Å²) in [5.74, 6) is 0.213. The summed E-state index contributed by atoms with van der Waals surface area (Å²) in [5, 5.41) is 3.34.